The number of guanidine groups is 1. The number of hydrogen-bond acceptors (Lipinski definition) is 4. The number of aliphatic hydroxyl groups excluding tert-OH is 1. The number of hydrogen-bond donors (Lipinski definition) is 3. The molecule has 1 aliphatic heterocycles. The summed E-state index contributed by atoms with van der Waals surface area (Å²) in [5, 5.41) is 17.4. The van der Waals surface area contributed by atoms with Crippen LogP contribution in [0, 0.1) is 5.92 Å². The number of aliphatic imine (C=N–C) groups is 1. The Hall–Kier alpha value is -0.290. The lowest BCUT2D eigenvalue weighted by Gasteiger charge is -2.15. The zero-order valence-corrected chi connectivity index (χ0v) is 19.1. The SMILES string of the molecule is CCNC(=NCC(O)c1cc(Cl)cc(Cl)c1)NCC1CCS(=O)(=O)C1.I. The molecule has 10 heteroatoms. The van der Waals surface area contributed by atoms with Crippen LogP contribution in [0.5, 0.6) is 0 Å². The molecule has 0 amide bonds. The minimum atomic E-state index is -2.89. The molecular weight excluding hydrogens is 512 g/mol. The van der Waals surface area contributed by atoms with Crippen LogP contribution in [0.2, 0.25) is 10.0 Å². The Balaban J connectivity index is 0.00000338. The Morgan fingerprint density at radius 3 is 2.50 bits per heavy atom. The molecule has 0 aromatic heterocycles. The zero-order chi connectivity index (χ0) is 18.4. The molecule has 1 aromatic carbocycles. The highest BCUT2D eigenvalue weighted by molar-refractivity contribution is 14.0. The Bertz CT molecular complexity index is 711. The average Bonchev–Trinajstić information content (AvgIpc) is 2.88. The molecule has 26 heavy (non-hydrogen) atoms. The van der Waals surface area contributed by atoms with Crippen molar-refractivity contribution in [2.75, 3.05) is 31.1 Å². The number of nitrogens with zero attached hydrogens (tertiary/aromatic N) is 1. The van der Waals surface area contributed by atoms with Gasteiger partial charge in [-0.1, -0.05) is 23.2 Å². The van der Waals surface area contributed by atoms with E-state index in [0.717, 1.165) is 0 Å². The maximum absolute atomic E-state index is 11.5. The number of nitrogens with one attached hydrogen (secondary N) is 2. The van der Waals surface area contributed by atoms with Crippen LogP contribution >= 0.6 is 47.2 Å². The average molecular weight is 536 g/mol. The molecule has 1 saturated heterocycles. The number of halogens is 3. The Morgan fingerprint density at radius 1 is 1.31 bits per heavy atom. The summed E-state index contributed by atoms with van der Waals surface area (Å²) in [5.74, 6) is 1.09. The fraction of sp³-hybridized carbons (Fsp3) is 0.562. The number of aliphatic hydroxyl groups is 1. The van der Waals surface area contributed by atoms with E-state index < -0.39 is 15.9 Å². The van der Waals surface area contributed by atoms with Crippen molar-refractivity contribution < 1.29 is 13.5 Å². The molecule has 1 aliphatic rings. The molecule has 1 heterocycles. The summed E-state index contributed by atoms with van der Waals surface area (Å²) in [7, 11) is -2.89. The third-order valence-corrected chi connectivity index (χ3v) is 6.19. The fourth-order valence-electron chi connectivity index (χ4n) is 2.67. The van der Waals surface area contributed by atoms with Crippen LogP contribution in [0.15, 0.2) is 23.2 Å². The fourth-order valence-corrected chi connectivity index (χ4v) is 5.07. The summed E-state index contributed by atoms with van der Waals surface area (Å²) in [4.78, 5) is 4.36. The third-order valence-electron chi connectivity index (χ3n) is 3.92. The summed E-state index contributed by atoms with van der Waals surface area (Å²) >= 11 is 11.9. The van der Waals surface area contributed by atoms with Gasteiger partial charge in [0.15, 0.2) is 15.8 Å². The van der Waals surface area contributed by atoms with E-state index >= 15 is 0 Å². The monoisotopic (exact) mass is 535 g/mol. The molecule has 2 rings (SSSR count). The highest BCUT2D eigenvalue weighted by Crippen LogP contribution is 2.23. The second kappa shape index (κ2) is 10.9. The number of rotatable bonds is 6. The van der Waals surface area contributed by atoms with Crippen molar-refractivity contribution in [3.63, 3.8) is 0 Å². The van der Waals surface area contributed by atoms with Gasteiger partial charge in [0.05, 0.1) is 24.2 Å². The first kappa shape index (κ1) is 23.7. The topological polar surface area (TPSA) is 90.8 Å². The normalized spacial score (nSPS) is 20.3. The molecule has 2 unspecified atom stereocenters. The lowest BCUT2D eigenvalue weighted by atomic mass is 10.1. The van der Waals surface area contributed by atoms with Crippen molar-refractivity contribution >= 4 is 63.0 Å². The van der Waals surface area contributed by atoms with Crippen molar-refractivity contribution in [2.24, 2.45) is 10.9 Å². The molecule has 0 saturated carbocycles. The molecule has 0 radical (unpaired) electrons. The Labute approximate surface area is 181 Å². The largest absolute Gasteiger partial charge is 0.386 e. The van der Waals surface area contributed by atoms with Crippen molar-refractivity contribution in [3.05, 3.63) is 33.8 Å². The van der Waals surface area contributed by atoms with Crippen LogP contribution < -0.4 is 10.6 Å². The van der Waals surface area contributed by atoms with Gasteiger partial charge in [-0.05, 0) is 43.0 Å². The first-order valence-electron chi connectivity index (χ1n) is 8.15. The molecule has 0 aliphatic carbocycles. The summed E-state index contributed by atoms with van der Waals surface area (Å²) in [5.41, 5.74) is 0.596. The maximum Gasteiger partial charge on any atom is 0.191 e. The minimum absolute atomic E-state index is 0. The van der Waals surface area contributed by atoms with E-state index in [9.17, 15) is 13.5 Å². The summed E-state index contributed by atoms with van der Waals surface area (Å²) in [6, 6.07) is 4.90. The van der Waals surface area contributed by atoms with Crippen LogP contribution in [-0.2, 0) is 9.84 Å². The van der Waals surface area contributed by atoms with E-state index in [0.29, 0.717) is 41.1 Å². The van der Waals surface area contributed by atoms with Crippen molar-refractivity contribution in [1.82, 2.24) is 10.6 Å². The van der Waals surface area contributed by atoms with Gasteiger partial charge in [0.25, 0.3) is 0 Å². The molecule has 6 nitrogen and oxygen atoms in total. The van der Waals surface area contributed by atoms with E-state index in [1.807, 2.05) is 6.92 Å². The van der Waals surface area contributed by atoms with Crippen molar-refractivity contribution in [1.29, 1.82) is 0 Å². The lowest BCUT2D eigenvalue weighted by Crippen LogP contribution is -2.40. The van der Waals surface area contributed by atoms with Crippen LogP contribution in [-0.4, -0.2) is 50.6 Å². The standard InChI is InChI=1S/C16H23Cl2N3O3S.HI/c1-2-19-16(20-8-11-3-4-25(23,24)10-11)21-9-15(22)12-5-13(17)7-14(18)6-12;/h5-7,11,15,22H,2-4,8-10H2,1H3,(H2,19,20,21);1H. The van der Waals surface area contributed by atoms with Crippen molar-refractivity contribution in [3.8, 4) is 0 Å². The zero-order valence-electron chi connectivity index (χ0n) is 14.4. The molecular formula is C16H24Cl2IN3O3S. The highest BCUT2D eigenvalue weighted by Gasteiger charge is 2.27. The summed E-state index contributed by atoms with van der Waals surface area (Å²) in [6.45, 7) is 3.26. The van der Waals surface area contributed by atoms with Crippen molar-refractivity contribution in [2.45, 2.75) is 19.4 Å². The van der Waals surface area contributed by atoms with Gasteiger partial charge in [-0.2, -0.15) is 0 Å². The van der Waals surface area contributed by atoms with E-state index in [1.54, 1.807) is 18.2 Å². The quantitative estimate of drug-likeness (QED) is 0.296. The van der Waals surface area contributed by atoms with Gasteiger partial charge in [-0.3, -0.25) is 4.99 Å². The first-order valence-corrected chi connectivity index (χ1v) is 10.7. The second-order valence-corrected chi connectivity index (χ2v) is 9.19. The molecule has 1 aromatic rings. The lowest BCUT2D eigenvalue weighted by molar-refractivity contribution is 0.187. The summed E-state index contributed by atoms with van der Waals surface area (Å²) < 4.78 is 23.0. The van der Waals surface area contributed by atoms with Crippen LogP contribution in [0.3, 0.4) is 0 Å². The molecule has 0 spiro atoms. The first-order chi connectivity index (χ1) is 11.8. The number of benzene rings is 1. The highest BCUT2D eigenvalue weighted by atomic mass is 127. The van der Waals surface area contributed by atoms with Gasteiger partial charge in [-0.15, -0.1) is 24.0 Å². The maximum atomic E-state index is 11.5. The van der Waals surface area contributed by atoms with Gasteiger partial charge in [0.2, 0.25) is 0 Å². The molecule has 148 valence electrons. The number of sulfone groups is 1. The Kier molecular flexibility index (Phi) is 9.95. The van der Waals surface area contributed by atoms with Crippen LogP contribution in [0.4, 0.5) is 0 Å². The van der Waals surface area contributed by atoms with E-state index in [2.05, 4.69) is 15.6 Å². The second-order valence-electron chi connectivity index (χ2n) is 6.09. The predicted octanol–water partition coefficient (Wildman–Crippen LogP) is 2.63. The van der Waals surface area contributed by atoms with Gasteiger partial charge in [0.1, 0.15) is 0 Å². The Morgan fingerprint density at radius 2 is 1.96 bits per heavy atom. The van der Waals surface area contributed by atoms with Gasteiger partial charge in [-0.25, -0.2) is 8.42 Å². The minimum Gasteiger partial charge on any atom is -0.386 e. The van der Waals surface area contributed by atoms with Gasteiger partial charge < -0.3 is 15.7 Å². The molecule has 3 N–H and O–H groups in total. The van der Waals surface area contributed by atoms with E-state index in [-0.39, 0.29) is 47.9 Å². The van der Waals surface area contributed by atoms with Gasteiger partial charge in [0, 0.05) is 23.1 Å². The van der Waals surface area contributed by atoms with Crippen LogP contribution in [0.1, 0.15) is 25.0 Å². The molecule has 1 fully saturated rings. The smallest absolute Gasteiger partial charge is 0.191 e. The predicted molar refractivity (Wildman–Crippen MR) is 118 cm³/mol. The van der Waals surface area contributed by atoms with Crippen LogP contribution in [0.25, 0.3) is 0 Å². The molecule has 0 bridgehead atoms. The summed E-state index contributed by atoms with van der Waals surface area (Å²) in [6.07, 6.45) is -0.170. The van der Waals surface area contributed by atoms with E-state index in [4.69, 9.17) is 23.2 Å². The molecule has 2 atom stereocenters. The third kappa shape index (κ3) is 7.75. The van der Waals surface area contributed by atoms with Gasteiger partial charge >= 0.3 is 0 Å². The van der Waals surface area contributed by atoms with E-state index in [1.165, 1.54) is 0 Å².